The van der Waals surface area contributed by atoms with E-state index in [-0.39, 0.29) is 17.5 Å². The van der Waals surface area contributed by atoms with Gasteiger partial charge in [0.1, 0.15) is 5.52 Å². The SMILES string of the molecule is CN1C[C@H](Nc2nn3ccc(C4=CN5CCC=CN=C5N=C4)c3c(=O)[nH]2)CCC1=O. The number of piperidine rings is 1. The summed E-state index contributed by atoms with van der Waals surface area (Å²) in [6, 6.07) is 1.91. The highest BCUT2D eigenvalue weighted by atomic mass is 16.2. The van der Waals surface area contributed by atoms with Crippen molar-refractivity contribution in [2.45, 2.75) is 25.3 Å². The fraction of sp³-hybridized carbons (Fsp3) is 0.350. The fourth-order valence-electron chi connectivity index (χ4n) is 3.93. The standard InChI is InChI=1S/C20H22N8O2/c1-26-12-14(4-5-16(26)29)23-19-24-18(30)17-15(6-9-28(17)25-19)13-10-22-20-21-7-2-3-8-27(20)11-13/h2,6-7,9-11,14H,3-5,8,12H2,1H3,(H2,23,24,25,30)/t14-/m1/s1. The van der Waals surface area contributed by atoms with E-state index in [0.29, 0.717) is 36.8 Å². The van der Waals surface area contributed by atoms with Crippen molar-refractivity contribution in [1.82, 2.24) is 24.4 Å². The number of rotatable bonds is 3. The van der Waals surface area contributed by atoms with Gasteiger partial charge in [0.2, 0.25) is 17.8 Å². The monoisotopic (exact) mass is 406 g/mol. The Morgan fingerprint density at radius 3 is 3.07 bits per heavy atom. The lowest BCUT2D eigenvalue weighted by Gasteiger charge is -2.30. The summed E-state index contributed by atoms with van der Waals surface area (Å²) in [5.74, 6) is 1.17. The number of anilines is 1. The number of carbonyl (C=O) groups is 1. The molecule has 1 saturated heterocycles. The molecule has 3 aliphatic rings. The second-order valence-corrected chi connectivity index (χ2v) is 7.62. The second kappa shape index (κ2) is 7.29. The number of H-pyrrole nitrogens is 1. The van der Waals surface area contributed by atoms with Gasteiger partial charge in [0.25, 0.3) is 5.56 Å². The summed E-state index contributed by atoms with van der Waals surface area (Å²) in [5.41, 5.74) is 1.82. The first-order chi connectivity index (χ1) is 14.6. The molecule has 2 aromatic heterocycles. The van der Waals surface area contributed by atoms with E-state index in [2.05, 4.69) is 25.4 Å². The number of nitrogens with zero attached hydrogens (tertiary/aromatic N) is 6. The van der Waals surface area contributed by atoms with Crippen LogP contribution in [0.2, 0.25) is 0 Å². The predicted octanol–water partition coefficient (Wildman–Crippen LogP) is 1.06. The highest BCUT2D eigenvalue weighted by Gasteiger charge is 2.24. The Hall–Kier alpha value is -3.69. The number of aromatic nitrogens is 3. The Kier molecular flexibility index (Phi) is 4.46. The number of hydrogen-bond donors (Lipinski definition) is 2. The Balaban J connectivity index is 1.43. The molecule has 154 valence electrons. The molecule has 0 aliphatic carbocycles. The number of carbonyl (C=O) groups excluding carboxylic acids is 1. The van der Waals surface area contributed by atoms with Crippen LogP contribution in [0.5, 0.6) is 0 Å². The normalized spacial score (nSPS) is 21.4. The summed E-state index contributed by atoms with van der Waals surface area (Å²) in [6.07, 6.45) is 11.3. The van der Waals surface area contributed by atoms with Crippen molar-refractivity contribution in [2.75, 3.05) is 25.5 Å². The Morgan fingerprint density at radius 2 is 2.20 bits per heavy atom. The Morgan fingerprint density at radius 1 is 1.30 bits per heavy atom. The topological polar surface area (TPSA) is 110 Å². The van der Waals surface area contributed by atoms with Crippen LogP contribution in [0.1, 0.15) is 24.8 Å². The van der Waals surface area contributed by atoms with Crippen molar-refractivity contribution < 1.29 is 4.79 Å². The van der Waals surface area contributed by atoms with E-state index < -0.39 is 0 Å². The minimum atomic E-state index is -0.237. The van der Waals surface area contributed by atoms with Crippen LogP contribution in [0.25, 0.3) is 11.1 Å². The molecule has 0 saturated carbocycles. The largest absolute Gasteiger partial charge is 0.350 e. The zero-order valence-corrected chi connectivity index (χ0v) is 16.6. The molecule has 10 nitrogen and oxygen atoms in total. The molecular weight excluding hydrogens is 384 g/mol. The number of allylic oxidation sites excluding steroid dienone is 1. The number of aliphatic imine (C=N–C) groups is 2. The number of fused-ring (bicyclic) bond motifs is 2. The van der Waals surface area contributed by atoms with Gasteiger partial charge < -0.3 is 15.1 Å². The summed E-state index contributed by atoms with van der Waals surface area (Å²) in [5, 5.41) is 7.76. The number of likely N-dealkylation sites (N-methyl/N-ethyl adjacent to an activating group) is 1. The average molecular weight is 406 g/mol. The van der Waals surface area contributed by atoms with Crippen LogP contribution in [0.3, 0.4) is 0 Å². The van der Waals surface area contributed by atoms with Gasteiger partial charge in [-0.15, -0.1) is 5.10 Å². The molecule has 0 unspecified atom stereocenters. The fourth-order valence-corrected chi connectivity index (χ4v) is 3.93. The van der Waals surface area contributed by atoms with Crippen molar-refractivity contribution >= 4 is 35.1 Å². The molecule has 0 bridgehead atoms. The zero-order valence-electron chi connectivity index (χ0n) is 16.6. The van der Waals surface area contributed by atoms with Crippen LogP contribution in [-0.4, -0.2) is 68.7 Å². The maximum Gasteiger partial charge on any atom is 0.277 e. The smallest absolute Gasteiger partial charge is 0.277 e. The van der Waals surface area contributed by atoms with E-state index >= 15 is 0 Å². The Labute approximate surface area is 172 Å². The first-order valence-corrected chi connectivity index (χ1v) is 9.96. The molecule has 2 N–H and O–H groups in total. The summed E-state index contributed by atoms with van der Waals surface area (Å²) in [7, 11) is 1.78. The minimum absolute atomic E-state index is 0.0471. The van der Waals surface area contributed by atoms with Crippen LogP contribution < -0.4 is 10.9 Å². The molecule has 1 atom stereocenters. The molecule has 5 rings (SSSR count). The molecule has 5 heterocycles. The van der Waals surface area contributed by atoms with E-state index in [1.807, 2.05) is 23.2 Å². The average Bonchev–Trinajstić information content (AvgIpc) is 3.01. The summed E-state index contributed by atoms with van der Waals surface area (Å²) in [6.45, 7) is 1.36. The molecule has 1 fully saturated rings. The summed E-state index contributed by atoms with van der Waals surface area (Å²) < 4.78 is 1.58. The van der Waals surface area contributed by atoms with Gasteiger partial charge in [-0.1, -0.05) is 6.08 Å². The van der Waals surface area contributed by atoms with E-state index in [4.69, 9.17) is 0 Å². The number of hydrogen-bond acceptors (Lipinski definition) is 7. The molecular formula is C20H22N8O2. The third-order valence-electron chi connectivity index (χ3n) is 5.50. The Bertz CT molecular complexity index is 1190. The first kappa shape index (κ1) is 18.3. The molecule has 0 radical (unpaired) electrons. The van der Waals surface area contributed by atoms with Crippen LogP contribution >= 0.6 is 0 Å². The van der Waals surface area contributed by atoms with E-state index in [0.717, 1.165) is 24.1 Å². The van der Waals surface area contributed by atoms with Gasteiger partial charge in [0.15, 0.2) is 0 Å². The first-order valence-electron chi connectivity index (χ1n) is 9.96. The number of aromatic amines is 1. The van der Waals surface area contributed by atoms with Gasteiger partial charge in [0, 0.05) is 68.5 Å². The number of nitrogens with one attached hydrogen (secondary N) is 2. The lowest BCUT2D eigenvalue weighted by molar-refractivity contribution is -0.132. The maximum atomic E-state index is 12.9. The quantitative estimate of drug-likeness (QED) is 0.792. The number of amides is 1. The third kappa shape index (κ3) is 3.30. The third-order valence-corrected chi connectivity index (χ3v) is 5.50. The second-order valence-electron chi connectivity index (χ2n) is 7.62. The molecule has 30 heavy (non-hydrogen) atoms. The molecule has 3 aliphatic heterocycles. The zero-order chi connectivity index (χ0) is 20.7. The van der Waals surface area contributed by atoms with Gasteiger partial charge in [-0.25, -0.2) is 14.5 Å². The van der Waals surface area contributed by atoms with Crippen LogP contribution in [0.4, 0.5) is 5.95 Å². The molecule has 10 heteroatoms. The summed E-state index contributed by atoms with van der Waals surface area (Å²) in [4.78, 5) is 39.8. The summed E-state index contributed by atoms with van der Waals surface area (Å²) >= 11 is 0. The van der Waals surface area contributed by atoms with Crippen LogP contribution in [-0.2, 0) is 4.79 Å². The molecule has 2 aromatic rings. The molecule has 0 spiro atoms. The van der Waals surface area contributed by atoms with Gasteiger partial charge in [-0.2, -0.15) is 0 Å². The molecule has 1 amide bonds. The van der Waals surface area contributed by atoms with Crippen molar-refractivity contribution in [3.8, 4) is 0 Å². The van der Waals surface area contributed by atoms with Crippen LogP contribution in [0.15, 0.2) is 45.5 Å². The van der Waals surface area contributed by atoms with E-state index in [1.165, 1.54) is 0 Å². The van der Waals surface area contributed by atoms with Crippen molar-refractivity contribution in [3.63, 3.8) is 0 Å². The van der Waals surface area contributed by atoms with Crippen molar-refractivity contribution in [2.24, 2.45) is 9.98 Å². The van der Waals surface area contributed by atoms with E-state index in [1.54, 1.807) is 35.1 Å². The molecule has 0 aromatic carbocycles. The lowest BCUT2D eigenvalue weighted by atomic mass is 10.1. The van der Waals surface area contributed by atoms with Crippen molar-refractivity contribution in [3.05, 3.63) is 46.7 Å². The maximum absolute atomic E-state index is 12.9. The van der Waals surface area contributed by atoms with Crippen LogP contribution in [0, 0.1) is 0 Å². The van der Waals surface area contributed by atoms with Gasteiger partial charge in [0.05, 0.1) is 0 Å². The van der Waals surface area contributed by atoms with Crippen molar-refractivity contribution in [1.29, 1.82) is 0 Å². The highest BCUT2D eigenvalue weighted by Crippen LogP contribution is 2.22. The van der Waals surface area contributed by atoms with Gasteiger partial charge >= 0.3 is 0 Å². The highest BCUT2D eigenvalue weighted by molar-refractivity contribution is 6.17. The van der Waals surface area contributed by atoms with E-state index in [9.17, 15) is 9.59 Å². The number of guanidine groups is 1. The van der Waals surface area contributed by atoms with Gasteiger partial charge in [-0.3, -0.25) is 14.6 Å². The van der Waals surface area contributed by atoms with Gasteiger partial charge in [-0.05, 0) is 18.9 Å². The lowest BCUT2D eigenvalue weighted by Crippen LogP contribution is -2.43. The number of likely N-dealkylation sites (tertiary alicyclic amines) is 1. The predicted molar refractivity (Wildman–Crippen MR) is 114 cm³/mol. The minimum Gasteiger partial charge on any atom is -0.350 e.